The van der Waals surface area contributed by atoms with E-state index in [2.05, 4.69) is 26.2 Å². The lowest BCUT2D eigenvalue weighted by atomic mass is 10.2. The first-order chi connectivity index (χ1) is 11.2. The lowest BCUT2D eigenvalue weighted by molar-refractivity contribution is 0.0951. The summed E-state index contributed by atoms with van der Waals surface area (Å²) in [6, 6.07) is 14.8. The normalized spacial score (nSPS) is 10.3. The molecule has 0 aliphatic carbocycles. The molecular weight excluding hydrogens is 376 g/mol. The third-order valence-corrected chi connectivity index (χ3v) is 4.27. The quantitative estimate of drug-likeness (QED) is 0.693. The van der Waals surface area contributed by atoms with Crippen molar-refractivity contribution >= 4 is 33.2 Å². The summed E-state index contributed by atoms with van der Waals surface area (Å²) in [7, 11) is 0. The third-order valence-electron chi connectivity index (χ3n) is 3.10. The van der Waals surface area contributed by atoms with Gasteiger partial charge in [0.25, 0.3) is 11.1 Å². The summed E-state index contributed by atoms with van der Waals surface area (Å²) in [6.07, 6.45) is 1.70. The number of benzene rings is 2. The summed E-state index contributed by atoms with van der Waals surface area (Å²) in [4.78, 5) is 16.1. The number of thiazole rings is 1. The van der Waals surface area contributed by atoms with E-state index < -0.39 is 0 Å². The van der Waals surface area contributed by atoms with Crippen LogP contribution in [0.15, 0.2) is 64.6 Å². The number of halogens is 1. The number of hydrogen-bond acceptors (Lipinski definition) is 4. The molecule has 0 saturated heterocycles. The molecule has 0 saturated carbocycles. The maximum absolute atomic E-state index is 12.0. The van der Waals surface area contributed by atoms with Crippen molar-refractivity contribution in [3.63, 3.8) is 0 Å². The molecule has 0 radical (unpaired) electrons. The molecule has 0 bridgehead atoms. The van der Waals surface area contributed by atoms with Gasteiger partial charge in [-0.25, -0.2) is 4.98 Å². The number of hydrogen-bond donors (Lipinski definition) is 1. The van der Waals surface area contributed by atoms with Crippen molar-refractivity contribution in [2.75, 3.05) is 0 Å². The van der Waals surface area contributed by atoms with Gasteiger partial charge in [-0.2, -0.15) is 0 Å². The lowest BCUT2D eigenvalue weighted by Crippen LogP contribution is -2.22. The van der Waals surface area contributed by atoms with E-state index in [1.165, 1.54) is 11.3 Å². The number of ether oxygens (including phenoxy) is 1. The smallest absolute Gasteiger partial charge is 0.278 e. The van der Waals surface area contributed by atoms with E-state index in [4.69, 9.17) is 4.74 Å². The van der Waals surface area contributed by atoms with Gasteiger partial charge in [-0.1, -0.05) is 39.4 Å². The highest BCUT2D eigenvalue weighted by molar-refractivity contribution is 9.10. The first-order valence-electron chi connectivity index (χ1n) is 6.91. The Hall–Kier alpha value is -2.18. The van der Waals surface area contributed by atoms with Gasteiger partial charge < -0.3 is 10.1 Å². The van der Waals surface area contributed by atoms with E-state index in [0.717, 1.165) is 15.8 Å². The van der Waals surface area contributed by atoms with Gasteiger partial charge in [-0.3, -0.25) is 4.79 Å². The number of rotatable bonds is 5. The predicted molar refractivity (Wildman–Crippen MR) is 93.9 cm³/mol. The Morgan fingerprint density at radius 1 is 1.13 bits per heavy atom. The van der Waals surface area contributed by atoms with Crippen molar-refractivity contribution in [3.8, 4) is 10.9 Å². The average molecular weight is 389 g/mol. The van der Waals surface area contributed by atoms with Crippen LogP contribution in [0.3, 0.4) is 0 Å². The number of carbonyl (C=O) groups excluding carboxylic acids is 1. The summed E-state index contributed by atoms with van der Waals surface area (Å²) >= 11 is 4.79. The maximum Gasteiger partial charge on any atom is 0.278 e. The van der Waals surface area contributed by atoms with Gasteiger partial charge in [0.05, 0.1) is 0 Å². The highest BCUT2D eigenvalue weighted by Crippen LogP contribution is 2.23. The summed E-state index contributed by atoms with van der Waals surface area (Å²) < 4.78 is 6.54. The molecule has 4 nitrogen and oxygen atoms in total. The van der Waals surface area contributed by atoms with Crippen LogP contribution >= 0.6 is 27.3 Å². The molecule has 0 atom stereocenters. The van der Waals surface area contributed by atoms with Crippen molar-refractivity contribution in [2.45, 2.75) is 6.54 Å². The fourth-order valence-corrected chi connectivity index (χ4v) is 2.69. The molecule has 0 aliphatic heterocycles. The standard InChI is InChI=1S/C17H13BrN2O2S/c18-14-5-3-13(4-6-14)16(21)20-11-12-1-7-15(8-2-12)22-17-19-9-10-23-17/h1-10H,11H2,(H,20,21). The molecule has 3 aromatic rings. The van der Waals surface area contributed by atoms with E-state index >= 15 is 0 Å². The zero-order valence-electron chi connectivity index (χ0n) is 12.0. The van der Waals surface area contributed by atoms with Crippen molar-refractivity contribution < 1.29 is 9.53 Å². The predicted octanol–water partition coefficient (Wildman–Crippen LogP) is 4.63. The Kier molecular flexibility index (Phi) is 5.05. The van der Waals surface area contributed by atoms with Gasteiger partial charge >= 0.3 is 0 Å². The van der Waals surface area contributed by atoms with Crippen LogP contribution < -0.4 is 10.1 Å². The summed E-state index contributed by atoms with van der Waals surface area (Å²) in [5.41, 5.74) is 1.64. The Balaban J connectivity index is 1.56. The maximum atomic E-state index is 12.0. The largest absolute Gasteiger partial charge is 0.431 e. The highest BCUT2D eigenvalue weighted by atomic mass is 79.9. The minimum Gasteiger partial charge on any atom is -0.431 e. The van der Waals surface area contributed by atoms with Gasteiger partial charge in [0.1, 0.15) is 5.75 Å². The first-order valence-corrected chi connectivity index (χ1v) is 8.58. The summed E-state index contributed by atoms with van der Waals surface area (Å²) in [5, 5.41) is 5.37. The topological polar surface area (TPSA) is 51.2 Å². The number of amides is 1. The summed E-state index contributed by atoms with van der Waals surface area (Å²) in [5.74, 6) is 0.628. The molecule has 1 amide bonds. The lowest BCUT2D eigenvalue weighted by Gasteiger charge is -2.07. The number of aromatic nitrogens is 1. The molecule has 0 aliphatic rings. The Morgan fingerprint density at radius 3 is 2.52 bits per heavy atom. The zero-order chi connectivity index (χ0) is 16.1. The number of nitrogens with zero attached hydrogens (tertiary/aromatic N) is 1. The van der Waals surface area contributed by atoms with Crippen LogP contribution in [0.25, 0.3) is 0 Å². The van der Waals surface area contributed by atoms with E-state index in [1.54, 1.807) is 18.3 Å². The zero-order valence-corrected chi connectivity index (χ0v) is 14.4. The van der Waals surface area contributed by atoms with Crippen molar-refractivity contribution in [1.82, 2.24) is 10.3 Å². The van der Waals surface area contributed by atoms with Crippen LogP contribution in [0.2, 0.25) is 0 Å². The molecule has 1 heterocycles. The molecule has 23 heavy (non-hydrogen) atoms. The molecule has 6 heteroatoms. The van der Waals surface area contributed by atoms with E-state index in [9.17, 15) is 4.79 Å². The van der Waals surface area contributed by atoms with Crippen LogP contribution in [-0.4, -0.2) is 10.9 Å². The minimum absolute atomic E-state index is 0.0967. The molecule has 1 aromatic heterocycles. The number of nitrogens with one attached hydrogen (secondary N) is 1. The number of carbonyl (C=O) groups is 1. The van der Waals surface area contributed by atoms with Gasteiger partial charge in [0.2, 0.25) is 0 Å². The van der Waals surface area contributed by atoms with Crippen molar-refractivity contribution in [2.24, 2.45) is 0 Å². The monoisotopic (exact) mass is 388 g/mol. The van der Waals surface area contributed by atoms with Crippen molar-refractivity contribution in [1.29, 1.82) is 0 Å². The van der Waals surface area contributed by atoms with Crippen LogP contribution in [0.1, 0.15) is 15.9 Å². The molecule has 116 valence electrons. The SMILES string of the molecule is O=C(NCc1ccc(Oc2nccs2)cc1)c1ccc(Br)cc1. The van der Waals surface area contributed by atoms with Crippen LogP contribution in [0.5, 0.6) is 10.9 Å². The molecule has 1 N–H and O–H groups in total. The molecule has 0 fully saturated rings. The molecule has 0 unspecified atom stereocenters. The van der Waals surface area contributed by atoms with Gasteiger partial charge in [-0.05, 0) is 42.0 Å². The van der Waals surface area contributed by atoms with Gasteiger partial charge in [-0.15, -0.1) is 0 Å². The fourth-order valence-electron chi connectivity index (χ4n) is 1.92. The molecule has 3 rings (SSSR count). The van der Waals surface area contributed by atoms with E-state index in [0.29, 0.717) is 17.3 Å². The Morgan fingerprint density at radius 2 is 1.87 bits per heavy atom. The Labute approximate surface area is 146 Å². The van der Waals surface area contributed by atoms with E-state index in [1.807, 2.05) is 41.8 Å². The fraction of sp³-hybridized carbons (Fsp3) is 0.0588. The van der Waals surface area contributed by atoms with Crippen molar-refractivity contribution in [3.05, 3.63) is 75.7 Å². The Bertz CT molecular complexity index is 771. The summed E-state index contributed by atoms with van der Waals surface area (Å²) in [6.45, 7) is 0.465. The molecule has 0 spiro atoms. The van der Waals surface area contributed by atoms with Crippen LogP contribution in [0, 0.1) is 0 Å². The third kappa shape index (κ3) is 4.40. The second-order valence-corrected chi connectivity index (χ2v) is 6.51. The minimum atomic E-state index is -0.0967. The average Bonchev–Trinajstić information content (AvgIpc) is 3.07. The van der Waals surface area contributed by atoms with E-state index in [-0.39, 0.29) is 5.91 Å². The molecular formula is C17H13BrN2O2S. The van der Waals surface area contributed by atoms with Gasteiger partial charge in [0, 0.05) is 28.2 Å². The van der Waals surface area contributed by atoms with Crippen LogP contribution in [0.4, 0.5) is 0 Å². The first kappa shape index (κ1) is 15.7. The van der Waals surface area contributed by atoms with Gasteiger partial charge in [0.15, 0.2) is 0 Å². The second-order valence-electron chi connectivity index (χ2n) is 4.73. The highest BCUT2D eigenvalue weighted by Gasteiger charge is 2.05. The second kappa shape index (κ2) is 7.39. The molecule has 2 aromatic carbocycles. The van der Waals surface area contributed by atoms with Crippen LogP contribution in [-0.2, 0) is 6.54 Å².